The summed E-state index contributed by atoms with van der Waals surface area (Å²) in [7, 11) is -7.26. The summed E-state index contributed by atoms with van der Waals surface area (Å²) >= 11 is 13.7. The summed E-state index contributed by atoms with van der Waals surface area (Å²) in [5.74, 6) is -16.1. The van der Waals surface area contributed by atoms with E-state index < -0.39 is 39.1 Å². The summed E-state index contributed by atoms with van der Waals surface area (Å²) in [5, 5.41) is -3.31. The second kappa shape index (κ2) is 37.5. The lowest BCUT2D eigenvalue weighted by Gasteiger charge is -2.42. The number of hydrogen-bond acceptors (Lipinski definition) is 7. The predicted molar refractivity (Wildman–Crippen MR) is 547 cm³/mol. The van der Waals surface area contributed by atoms with E-state index in [0.29, 0.717) is 28.0 Å². The van der Waals surface area contributed by atoms with E-state index in [9.17, 15) is 47.9 Å². The third-order valence-electron chi connectivity index (χ3n) is 26.5. The zero-order valence-corrected chi connectivity index (χ0v) is 85.2. The molecule has 2 aliphatic rings. The molecule has 2 aliphatic carbocycles. The van der Waals surface area contributed by atoms with Gasteiger partial charge in [-0.05, 0) is 268 Å². The monoisotopic (exact) mass is 1900 g/mol. The van der Waals surface area contributed by atoms with Crippen molar-refractivity contribution in [2.45, 2.75) is 283 Å². The average Bonchev–Trinajstić information content (AvgIpc) is 0.720. The molecule has 0 atom stereocenters. The highest BCUT2D eigenvalue weighted by Crippen LogP contribution is 2.58. The Bertz CT molecular complexity index is 6240. The van der Waals surface area contributed by atoms with Crippen LogP contribution in [-0.2, 0) is 64.3 Å². The minimum absolute atomic E-state index is 0.0247. The van der Waals surface area contributed by atoms with Crippen molar-refractivity contribution in [2.24, 2.45) is 0 Å². The largest absolute Gasteiger partial charge is 0.460 e. The molecule has 0 aromatic heterocycles. The molecule has 0 amide bonds. The SMILES string of the molecule is CC(C)(C)c1ccc(N(c2cc(Cl)cc(OS(=O)(=O)C(F)(F)C(F)(F)C(F)(F)C(F)(F)F)c2)c2ccc3c(c2)C(C)(C)CCC3(C)C)c(-c2ccccc2)c1.CC(C)(C)c1ccc(N(c2ccc(C(C)(C)C)cc2)c2cc(Cl)cc(N(c3ccc4c(c3)C(C)(C)CCC4(C)C)c3ccc(C(C)(C)C)cc3-c3ccccc3)c2)cc1.CC(C)(C)c1ccc(Nc2ccc(C(C)(C)C)cc2)cc1. The lowest BCUT2D eigenvalue weighted by atomic mass is 9.63. The first kappa shape index (κ1) is 103. The molecule has 0 saturated carbocycles. The number of hydrogen-bond donors (Lipinski definition) is 1. The molecule has 14 rings (SSSR count). The fourth-order valence-corrected chi connectivity index (χ4v) is 18.9. The summed E-state index contributed by atoms with van der Waals surface area (Å²) < 4.78 is 153. The Labute approximate surface area is 806 Å². The third-order valence-corrected chi connectivity index (χ3v) is 28.2. The van der Waals surface area contributed by atoms with Gasteiger partial charge in [0.1, 0.15) is 5.75 Å². The summed E-state index contributed by atoms with van der Waals surface area (Å²) in [5.41, 5.74) is 25.5. The highest BCUT2D eigenvalue weighted by atomic mass is 35.5. The summed E-state index contributed by atoms with van der Waals surface area (Å²) in [6, 6.07) is 90.3. The molecular weight excluding hydrogens is 1770 g/mol. The van der Waals surface area contributed by atoms with E-state index in [4.69, 9.17) is 23.2 Å². The van der Waals surface area contributed by atoms with Crippen molar-refractivity contribution in [3.05, 3.63) is 333 Å². The number of nitrogens with zero attached hydrogens (tertiary/aromatic N) is 3. The van der Waals surface area contributed by atoms with Gasteiger partial charge in [-0.25, -0.2) is 0 Å². The van der Waals surface area contributed by atoms with Crippen molar-refractivity contribution < 1.29 is 52.1 Å². The lowest BCUT2D eigenvalue weighted by Crippen LogP contribution is -2.63. The van der Waals surface area contributed by atoms with Gasteiger partial charge in [-0.3, -0.25) is 0 Å². The highest BCUT2D eigenvalue weighted by molar-refractivity contribution is 7.88. The standard InChI is InChI=1S/C56H65ClN2.C40H39ClF9NO3S.C20H27N/c1-52(2,3)39-19-24-43(25-20-39)58(44-26-21-40(22-27-44)53(4,5)6)46-34-42(57)35-47(36-46)59(45-28-29-49-50(37-45)56(12,13)32-31-55(49,10)11)51-30-23-41(54(7,8)9)33-48(51)38-17-15-14-16-18-38;1-34(2,3)25-13-16-33(30(19-25)24-11-9-8-10-12-24)51(27-14-15-31-32(23-27)36(6,7)18-17-35(31,4)5)28-20-26(41)21-29(22-28)54-55(52,53)40(49,50)38(44,45)37(42,43)39(46,47)48;1-19(2,3)15-7-11-17(12-8-15)21-18-13-9-16(10-14-18)20(4,5)6/h14-30,33-37H,31-32H2,1-13H3;8-16,19-23H,17-18H2,1-7H3;7-14,21H,1-6H3. The van der Waals surface area contributed by atoms with Crippen LogP contribution in [0.2, 0.25) is 10.0 Å². The van der Waals surface area contributed by atoms with Gasteiger partial charge in [0.15, 0.2) is 0 Å². The van der Waals surface area contributed by atoms with Crippen LogP contribution in [0.5, 0.6) is 5.75 Å². The molecule has 0 heterocycles. The van der Waals surface area contributed by atoms with E-state index in [1.165, 1.54) is 62.6 Å². The van der Waals surface area contributed by atoms with Crippen LogP contribution in [-0.4, -0.2) is 31.7 Å². The van der Waals surface area contributed by atoms with E-state index >= 15 is 0 Å². The van der Waals surface area contributed by atoms with Crippen LogP contribution in [0.15, 0.2) is 267 Å². The fraction of sp³-hybridized carbons (Fsp3) is 0.379. The number of nitrogens with one attached hydrogen (secondary N) is 1. The molecule has 0 bridgehead atoms. The van der Waals surface area contributed by atoms with Gasteiger partial charge in [0.05, 0.1) is 17.1 Å². The van der Waals surface area contributed by atoms with Gasteiger partial charge in [0.2, 0.25) is 0 Å². The predicted octanol–water partition coefficient (Wildman–Crippen LogP) is 36.5. The third kappa shape index (κ3) is 22.5. The molecule has 12 aromatic rings. The zero-order chi connectivity index (χ0) is 99.8. The molecule has 12 aromatic carbocycles. The van der Waals surface area contributed by atoms with Crippen molar-refractivity contribution in [3.8, 4) is 28.0 Å². The molecule has 1 N–H and O–H groups in total. The molecule has 0 aliphatic heterocycles. The Kier molecular flexibility index (Phi) is 28.7. The number of rotatable bonds is 18. The van der Waals surface area contributed by atoms with Crippen molar-refractivity contribution in [2.75, 3.05) is 20.0 Å². The second-order valence-electron chi connectivity index (χ2n) is 45.1. The minimum Gasteiger partial charge on any atom is -0.378 e. The van der Waals surface area contributed by atoms with E-state index in [-0.39, 0.29) is 64.9 Å². The van der Waals surface area contributed by atoms with E-state index in [1.54, 1.807) is 17.0 Å². The second-order valence-corrected chi connectivity index (χ2v) is 47.5. The number of fused-ring (bicyclic) bond motifs is 2. The minimum atomic E-state index is -7.48. The maximum atomic E-state index is 14.8. The lowest BCUT2D eigenvalue weighted by molar-refractivity contribution is -0.382. The van der Waals surface area contributed by atoms with Crippen LogP contribution in [0.3, 0.4) is 0 Å². The Balaban J connectivity index is 0.000000201. The molecule has 716 valence electrons. The molecule has 0 unspecified atom stereocenters. The zero-order valence-electron chi connectivity index (χ0n) is 82.9. The van der Waals surface area contributed by atoms with Crippen LogP contribution in [0.4, 0.5) is 102 Å². The van der Waals surface area contributed by atoms with Gasteiger partial charge in [-0.2, -0.15) is 47.9 Å². The van der Waals surface area contributed by atoms with Crippen LogP contribution >= 0.6 is 23.2 Å². The Morgan fingerprint density at radius 3 is 0.911 bits per heavy atom. The van der Waals surface area contributed by atoms with Crippen molar-refractivity contribution in [1.82, 2.24) is 0 Å². The molecule has 7 nitrogen and oxygen atoms in total. The molecule has 0 radical (unpaired) electrons. The molecule has 0 fully saturated rings. The van der Waals surface area contributed by atoms with E-state index in [1.807, 2.05) is 75.4 Å². The fourth-order valence-electron chi connectivity index (χ4n) is 17.6. The van der Waals surface area contributed by atoms with Gasteiger partial charge in [-0.15, -0.1) is 0 Å². The van der Waals surface area contributed by atoms with Gasteiger partial charge < -0.3 is 24.2 Å². The first-order chi connectivity index (χ1) is 62.1. The van der Waals surface area contributed by atoms with Crippen molar-refractivity contribution in [1.29, 1.82) is 0 Å². The van der Waals surface area contributed by atoms with Gasteiger partial charge >= 0.3 is 33.4 Å². The molecule has 19 heteroatoms. The maximum Gasteiger partial charge on any atom is 0.460 e. The number of anilines is 11. The highest BCUT2D eigenvalue weighted by Gasteiger charge is 2.86. The van der Waals surface area contributed by atoms with Crippen LogP contribution in [0, 0.1) is 0 Å². The normalized spacial score (nSPS) is 15.2. The molecule has 0 spiro atoms. The summed E-state index contributed by atoms with van der Waals surface area (Å²) in [4.78, 5) is 6.42. The molecule has 0 saturated heterocycles. The molecule has 135 heavy (non-hydrogen) atoms. The summed E-state index contributed by atoms with van der Waals surface area (Å²) in [6.07, 6.45) is -3.21. The van der Waals surface area contributed by atoms with Crippen molar-refractivity contribution >= 4 is 95.9 Å². The van der Waals surface area contributed by atoms with E-state index in [0.717, 1.165) is 93.1 Å². The van der Waals surface area contributed by atoms with Crippen molar-refractivity contribution in [3.63, 3.8) is 0 Å². The van der Waals surface area contributed by atoms with Gasteiger partial charge in [0.25, 0.3) is 0 Å². The Morgan fingerprint density at radius 1 is 0.296 bits per heavy atom. The average molecular weight is 1900 g/mol. The number of alkyl halides is 9. The Hall–Kier alpha value is -10.5. The smallest absolute Gasteiger partial charge is 0.378 e. The van der Waals surface area contributed by atoms with Crippen LogP contribution < -0.4 is 24.2 Å². The van der Waals surface area contributed by atoms with E-state index in [2.05, 4.69) is 361 Å². The first-order valence-corrected chi connectivity index (χ1v) is 48.4. The van der Waals surface area contributed by atoms with Crippen LogP contribution in [0.1, 0.15) is 261 Å². The first-order valence-electron chi connectivity index (χ1n) is 46.2. The van der Waals surface area contributed by atoms with Gasteiger partial charge in [0, 0.05) is 78.8 Å². The maximum absolute atomic E-state index is 14.8. The Morgan fingerprint density at radius 2 is 0.585 bits per heavy atom. The van der Waals surface area contributed by atoms with Crippen LogP contribution in [0.25, 0.3) is 22.3 Å². The number of halogens is 11. The van der Waals surface area contributed by atoms with Gasteiger partial charge in [-0.1, -0.05) is 337 Å². The molecular formula is C116H131Cl2F9N4O3S. The summed E-state index contributed by atoms with van der Waals surface area (Å²) in [6.45, 7) is 57.9. The topological polar surface area (TPSA) is 65.1 Å². The quantitative estimate of drug-likeness (QED) is 0.0678. The number of benzene rings is 12.